The van der Waals surface area contributed by atoms with E-state index in [0.29, 0.717) is 19.3 Å². The second-order valence-electron chi connectivity index (χ2n) is 4.65. The molecule has 1 N–H and O–H groups in total. The summed E-state index contributed by atoms with van der Waals surface area (Å²) in [6.07, 6.45) is 0.770. The fourth-order valence-corrected chi connectivity index (χ4v) is 2.63. The standard InChI is InChI=1S/C14H17NO4/c1-19-13(16)12-8-7-11(15(12)14(17)18)9-10-5-3-2-4-6-10/h2-6,11-12H,7-9H2,1H3,(H,17,18). The Morgan fingerprint density at radius 1 is 1.32 bits per heavy atom. The minimum atomic E-state index is -1.06. The van der Waals surface area contributed by atoms with Crippen LogP contribution in [0.2, 0.25) is 0 Å². The topological polar surface area (TPSA) is 66.8 Å². The van der Waals surface area contributed by atoms with Crippen molar-refractivity contribution in [1.29, 1.82) is 0 Å². The maximum Gasteiger partial charge on any atom is 0.408 e. The lowest BCUT2D eigenvalue weighted by Crippen LogP contribution is -2.45. The number of ether oxygens (including phenoxy) is 1. The third-order valence-corrected chi connectivity index (χ3v) is 3.51. The zero-order valence-electron chi connectivity index (χ0n) is 10.8. The van der Waals surface area contributed by atoms with E-state index in [1.807, 2.05) is 30.3 Å². The molecule has 0 radical (unpaired) electrons. The number of nitrogens with zero attached hydrogens (tertiary/aromatic N) is 1. The van der Waals surface area contributed by atoms with E-state index in [-0.39, 0.29) is 6.04 Å². The van der Waals surface area contributed by atoms with Gasteiger partial charge in [-0.15, -0.1) is 0 Å². The molecule has 5 nitrogen and oxygen atoms in total. The van der Waals surface area contributed by atoms with Crippen LogP contribution in [0, 0.1) is 0 Å². The first kappa shape index (κ1) is 13.4. The summed E-state index contributed by atoms with van der Waals surface area (Å²) < 4.78 is 4.67. The number of carboxylic acid groups (broad SMARTS) is 1. The van der Waals surface area contributed by atoms with Crippen molar-refractivity contribution < 1.29 is 19.4 Å². The van der Waals surface area contributed by atoms with E-state index < -0.39 is 18.1 Å². The molecule has 0 spiro atoms. The largest absolute Gasteiger partial charge is 0.467 e. The minimum absolute atomic E-state index is 0.163. The summed E-state index contributed by atoms with van der Waals surface area (Å²) in [5.41, 5.74) is 1.07. The number of carbonyl (C=O) groups excluding carboxylic acids is 1. The van der Waals surface area contributed by atoms with E-state index in [1.165, 1.54) is 12.0 Å². The Hall–Kier alpha value is -2.04. The highest BCUT2D eigenvalue weighted by molar-refractivity contribution is 5.81. The zero-order valence-corrected chi connectivity index (χ0v) is 10.8. The number of esters is 1. The van der Waals surface area contributed by atoms with Crippen LogP contribution in [-0.2, 0) is 16.0 Å². The van der Waals surface area contributed by atoms with Crippen LogP contribution in [-0.4, -0.2) is 41.3 Å². The van der Waals surface area contributed by atoms with E-state index in [1.54, 1.807) is 0 Å². The Bertz CT molecular complexity index is 460. The molecule has 1 amide bonds. The highest BCUT2D eigenvalue weighted by Crippen LogP contribution is 2.27. The molecule has 1 fully saturated rings. The second kappa shape index (κ2) is 5.73. The second-order valence-corrected chi connectivity index (χ2v) is 4.65. The van der Waals surface area contributed by atoms with Gasteiger partial charge >= 0.3 is 12.1 Å². The maximum atomic E-state index is 11.6. The van der Waals surface area contributed by atoms with Gasteiger partial charge in [-0.05, 0) is 24.8 Å². The van der Waals surface area contributed by atoms with Crippen LogP contribution in [0.15, 0.2) is 30.3 Å². The normalized spacial score (nSPS) is 22.3. The Kier molecular flexibility index (Phi) is 4.04. The number of hydrogen-bond donors (Lipinski definition) is 1. The fraction of sp³-hybridized carbons (Fsp3) is 0.429. The number of amides is 1. The Morgan fingerprint density at radius 3 is 2.58 bits per heavy atom. The number of carbonyl (C=O) groups is 2. The first-order chi connectivity index (χ1) is 9.13. The Morgan fingerprint density at radius 2 is 2.00 bits per heavy atom. The lowest BCUT2D eigenvalue weighted by Gasteiger charge is -2.26. The molecular weight excluding hydrogens is 246 g/mol. The summed E-state index contributed by atoms with van der Waals surface area (Å²) in [4.78, 5) is 24.2. The molecule has 19 heavy (non-hydrogen) atoms. The molecule has 1 aromatic carbocycles. The summed E-state index contributed by atoms with van der Waals surface area (Å²) in [7, 11) is 1.28. The SMILES string of the molecule is COC(=O)C1CCC(Cc2ccccc2)N1C(=O)O. The van der Waals surface area contributed by atoms with Crippen LogP contribution in [0.25, 0.3) is 0 Å². The average Bonchev–Trinajstić information content (AvgIpc) is 2.83. The monoisotopic (exact) mass is 263 g/mol. The summed E-state index contributed by atoms with van der Waals surface area (Å²) >= 11 is 0. The van der Waals surface area contributed by atoms with Gasteiger partial charge in [0.15, 0.2) is 0 Å². The van der Waals surface area contributed by atoms with Crippen molar-refractivity contribution in [1.82, 2.24) is 4.90 Å². The molecule has 2 atom stereocenters. The number of benzene rings is 1. The summed E-state index contributed by atoms with van der Waals surface area (Å²) in [5, 5.41) is 9.29. The van der Waals surface area contributed by atoms with Crippen LogP contribution in [0.5, 0.6) is 0 Å². The summed E-state index contributed by atoms with van der Waals surface area (Å²) in [5.74, 6) is -0.474. The van der Waals surface area contributed by atoms with Crippen LogP contribution in [0.4, 0.5) is 4.79 Å². The van der Waals surface area contributed by atoms with Gasteiger partial charge in [0.1, 0.15) is 6.04 Å². The van der Waals surface area contributed by atoms with Crippen molar-refractivity contribution >= 4 is 12.1 Å². The summed E-state index contributed by atoms with van der Waals surface area (Å²) in [6.45, 7) is 0. The highest BCUT2D eigenvalue weighted by Gasteiger charge is 2.41. The first-order valence-electron chi connectivity index (χ1n) is 6.26. The molecule has 0 saturated carbocycles. The lowest BCUT2D eigenvalue weighted by molar-refractivity contribution is -0.145. The lowest BCUT2D eigenvalue weighted by atomic mass is 10.0. The smallest absolute Gasteiger partial charge is 0.408 e. The Balaban J connectivity index is 2.13. The average molecular weight is 263 g/mol. The van der Waals surface area contributed by atoms with E-state index in [2.05, 4.69) is 4.74 Å². The predicted molar refractivity (Wildman–Crippen MR) is 68.8 cm³/mol. The molecule has 0 aromatic heterocycles. The van der Waals surface area contributed by atoms with E-state index in [0.717, 1.165) is 5.56 Å². The van der Waals surface area contributed by atoms with Gasteiger partial charge in [-0.1, -0.05) is 30.3 Å². The molecule has 1 aromatic rings. The molecule has 1 saturated heterocycles. The van der Waals surface area contributed by atoms with Crippen molar-refractivity contribution in [2.24, 2.45) is 0 Å². The van der Waals surface area contributed by atoms with Crippen molar-refractivity contribution in [3.05, 3.63) is 35.9 Å². The summed E-state index contributed by atoms with van der Waals surface area (Å²) in [6, 6.07) is 8.86. The van der Waals surface area contributed by atoms with E-state index in [9.17, 15) is 14.7 Å². The van der Waals surface area contributed by atoms with Crippen LogP contribution in [0.1, 0.15) is 18.4 Å². The van der Waals surface area contributed by atoms with Gasteiger partial charge in [-0.25, -0.2) is 9.59 Å². The molecule has 0 aliphatic carbocycles. The number of likely N-dealkylation sites (tertiary alicyclic amines) is 1. The van der Waals surface area contributed by atoms with Gasteiger partial charge in [0.2, 0.25) is 0 Å². The quantitative estimate of drug-likeness (QED) is 0.846. The van der Waals surface area contributed by atoms with Gasteiger partial charge in [0.25, 0.3) is 0 Å². The van der Waals surface area contributed by atoms with Crippen LogP contribution in [0.3, 0.4) is 0 Å². The van der Waals surface area contributed by atoms with E-state index in [4.69, 9.17) is 0 Å². The third-order valence-electron chi connectivity index (χ3n) is 3.51. The van der Waals surface area contributed by atoms with Crippen LogP contribution >= 0.6 is 0 Å². The Labute approximate surface area is 111 Å². The van der Waals surface area contributed by atoms with Crippen molar-refractivity contribution in [3.8, 4) is 0 Å². The van der Waals surface area contributed by atoms with Gasteiger partial charge in [0.05, 0.1) is 7.11 Å². The number of hydrogen-bond acceptors (Lipinski definition) is 3. The molecule has 1 heterocycles. The van der Waals surface area contributed by atoms with Crippen molar-refractivity contribution in [2.45, 2.75) is 31.3 Å². The van der Waals surface area contributed by atoms with Gasteiger partial charge < -0.3 is 9.84 Å². The number of methoxy groups -OCH3 is 1. The zero-order chi connectivity index (χ0) is 13.8. The molecule has 2 rings (SSSR count). The highest BCUT2D eigenvalue weighted by atomic mass is 16.5. The maximum absolute atomic E-state index is 11.6. The van der Waals surface area contributed by atoms with E-state index >= 15 is 0 Å². The predicted octanol–water partition coefficient (Wildman–Crippen LogP) is 1.91. The number of rotatable bonds is 3. The van der Waals surface area contributed by atoms with Crippen molar-refractivity contribution in [3.63, 3.8) is 0 Å². The van der Waals surface area contributed by atoms with Gasteiger partial charge in [-0.3, -0.25) is 4.90 Å². The molecule has 1 aliphatic rings. The van der Waals surface area contributed by atoms with Gasteiger partial charge in [-0.2, -0.15) is 0 Å². The molecule has 5 heteroatoms. The first-order valence-corrected chi connectivity index (χ1v) is 6.26. The molecule has 1 aliphatic heterocycles. The molecule has 102 valence electrons. The van der Waals surface area contributed by atoms with Crippen molar-refractivity contribution in [2.75, 3.05) is 7.11 Å². The van der Waals surface area contributed by atoms with Crippen LogP contribution < -0.4 is 0 Å². The third kappa shape index (κ3) is 2.86. The van der Waals surface area contributed by atoms with Gasteiger partial charge in [0, 0.05) is 6.04 Å². The molecular formula is C14H17NO4. The molecule has 0 bridgehead atoms. The fourth-order valence-electron chi connectivity index (χ4n) is 2.63. The minimum Gasteiger partial charge on any atom is -0.467 e. The molecule has 2 unspecified atom stereocenters.